The minimum absolute atomic E-state index is 0.346. The molecule has 0 radical (unpaired) electrons. The van der Waals surface area contributed by atoms with Crippen molar-refractivity contribution in [3.05, 3.63) is 29.8 Å². The number of hydrogen-bond acceptors (Lipinski definition) is 4. The standard InChI is InChI=1S/C17H26N2O2/c1-13-5-2-3-7-17(13)21-12-14(20)11-18-15-8-10-19-9-4-6-16(15)19/h2-3,5,7,14-16,18,20H,4,6,8-12H2,1H3. The molecule has 0 aliphatic carbocycles. The zero-order valence-corrected chi connectivity index (χ0v) is 12.8. The number of benzene rings is 1. The molecule has 2 heterocycles. The average Bonchev–Trinajstić information content (AvgIpc) is 3.08. The minimum atomic E-state index is -0.458. The van der Waals surface area contributed by atoms with Gasteiger partial charge in [-0.15, -0.1) is 0 Å². The van der Waals surface area contributed by atoms with E-state index in [2.05, 4.69) is 10.2 Å². The van der Waals surface area contributed by atoms with Gasteiger partial charge in [0.05, 0.1) is 0 Å². The van der Waals surface area contributed by atoms with Crippen LogP contribution >= 0.6 is 0 Å². The molecule has 0 amide bonds. The SMILES string of the molecule is Cc1ccccc1OCC(O)CNC1CCN2CCCC12. The molecule has 2 aliphatic heterocycles. The fourth-order valence-corrected chi connectivity index (χ4v) is 3.57. The number of fused-ring (bicyclic) bond motifs is 1. The Hall–Kier alpha value is -1.10. The van der Waals surface area contributed by atoms with Crippen LogP contribution < -0.4 is 10.1 Å². The highest BCUT2D eigenvalue weighted by molar-refractivity contribution is 5.31. The summed E-state index contributed by atoms with van der Waals surface area (Å²) in [6.45, 7) is 5.44. The Morgan fingerprint density at radius 1 is 1.33 bits per heavy atom. The Morgan fingerprint density at radius 2 is 2.19 bits per heavy atom. The zero-order valence-electron chi connectivity index (χ0n) is 12.8. The average molecular weight is 290 g/mol. The van der Waals surface area contributed by atoms with E-state index in [9.17, 15) is 5.11 Å². The van der Waals surface area contributed by atoms with Crippen LogP contribution in [-0.4, -0.2) is 54.4 Å². The fourth-order valence-electron chi connectivity index (χ4n) is 3.57. The van der Waals surface area contributed by atoms with Crippen molar-refractivity contribution in [1.29, 1.82) is 0 Å². The maximum absolute atomic E-state index is 10.1. The number of aryl methyl sites for hydroxylation is 1. The molecule has 116 valence electrons. The van der Waals surface area contributed by atoms with Crippen LogP contribution in [0.1, 0.15) is 24.8 Å². The van der Waals surface area contributed by atoms with E-state index < -0.39 is 6.10 Å². The first-order valence-electron chi connectivity index (χ1n) is 8.08. The number of aliphatic hydroxyl groups excluding tert-OH is 1. The van der Waals surface area contributed by atoms with Crippen molar-refractivity contribution in [2.24, 2.45) is 0 Å². The number of para-hydroxylation sites is 1. The summed E-state index contributed by atoms with van der Waals surface area (Å²) in [5.41, 5.74) is 1.11. The number of rotatable bonds is 6. The van der Waals surface area contributed by atoms with Gasteiger partial charge in [-0.25, -0.2) is 0 Å². The molecular weight excluding hydrogens is 264 g/mol. The van der Waals surface area contributed by atoms with E-state index in [1.54, 1.807) is 0 Å². The third kappa shape index (κ3) is 3.57. The van der Waals surface area contributed by atoms with Gasteiger partial charge in [0.25, 0.3) is 0 Å². The molecule has 2 aliphatic rings. The summed E-state index contributed by atoms with van der Waals surface area (Å²) in [4.78, 5) is 2.58. The van der Waals surface area contributed by atoms with Gasteiger partial charge in [0.15, 0.2) is 0 Å². The third-order valence-electron chi connectivity index (χ3n) is 4.75. The highest BCUT2D eigenvalue weighted by Gasteiger charge is 2.36. The van der Waals surface area contributed by atoms with Gasteiger partial charge in [-0.05, 0) is 44.4 Å². The zero-order chi connectivity index (χ0) is 14.7. The first-order valence-corrected chi connectivity index (χ1v) is 8.08. The lowest BCUT2D eigenvalue weighted by molar-refractivity contribution is 0.102. The summed E-state index contributed by atoms with van der Waals surface area (Å²) >= 11 is 0. The van der Waals surface area contributed by atoms with Crippen molar-refractivity contribution in [3.8, 4) is 5.75 Å². The van der Waals surface area contributed by atoms with Gasteiger partial charge in [0, 0.05) is 25.2 Å². The molecule has 4 nitrogen and oxygen atoms in total. The van der Waals surface area contributed by atoms with Crippen molar-refractivity contribution < 1.29 is 9.84 Å². The molecule has 0 saturated carbocycles. The van der Waals surface area contributed by atoms with Gasteiger partial charge in [0.1, 0.15) is 18.5 Å². The fraction of sp³-hybridized carbons (Fsp3) is 0.647. The molecule has 2 fully saturated rings. The van der Waals surface area contributed by atoms with Crippen LogP contribution in [0, 0.1) is 6.92 Å². The van der Waals surface area contributed by atoms with E-state index in [0.29, 0.717) is 25.2 Å². The molecule has 3 atom stereocenters. The van der Waals surface area contributed by atoms with E-state index in [-0.39, 0.29) is 0 Å². The Kier molecular flexibility index (Phi) is 4.78. The molecule has 1 aromatic rings. The molecule has 0 aromatic heterocycles. The highest BCUT2D eigenvalue weighted by atomic mass is 16.5. The Labute approximate surface area is 127 Å². The van der Waals surface area contributed by atoms with Crippen LogP contribution in [0.4, 0.5) is 0 Å². The Morgan fingerprint density at radius 3 is 3.05 bits per heavy atom. The molecule has 0 spiro atoms. The molecular formula is C17H26N2O2. The number of nitrogens with one attached hydrogen (secondary N) is 1. The van der Waals surface area contributed by atoms with Gasteiger partial charge >= 0.3 is 0 Å². The van der Waals surface area contributed by atoms with Gasteiger partial charge in [-0.2, -0.15) is 0 Å². The second-order valence-corrected chi connectivity index (χ2v) is 6.28. The molecule has 4 heteroatoms. The van der Waals surface area contributed by atoms with E-state index in [1.807, 2.05) is 31.2 Å². The van der Waals surface area contributed by atoms with Crippen LogP contribution in [0.3, 0.4) is 0 Å². The highest BCUT2D eigenvalue weighted by Crippen LogP contribution is 2.27. The van der Waals surface area contributed by atoms with E-state index in [0.717, 1.165) is 11.3 Å². The van der Waals surface area contributed by atoms with E-state index in [4.69, 9.17) is 4.74 Å². The first-order chi connectivity index (χ1) is 10.2. The molecule has 21 heavy (non-hydrogen) atoms. The normalized spacial score (nSPS) is 26.8. The predicted octanol–water partition coefficient (Wildman–Crippen LogP) is 1.56. The predicted molar refractivity (Wildman–Crippen MR) is 83.7 cm³/mol. The third-order valence-corrected chi connectivity index (χ3v) is 4.75. The maximum Gasteiger partial charge on any atom is 0.122 e. The van der Waals surface area contributed by atoms with Gasteiger partial charge < -0.3 is 15.2 Å². The van der Waals surface area contributed by atoms with Gasteiger partial charge in [0.2, 0.25) is 0 Å². The van der Waals surface area contributed by atoms with Crippen LogP contribution in [0.2, 0.25) is 0 Å². The summed E-state index contributed by atoms with van der Waals surface area (Å²) in [6.07, 6.45) is 3.37. The topological polar surface area (TPSA) is 44.7 Å². The molecule has 1 aromatic carbocycles. The first kappa shape index (κ1) is 14.8. The van der Waals surface area contributed by atoms with Crippen molar-refractivity contribution in [3.63, 3.8) is 0 Å². The van der Waals surface area contributed by atoms with Crippen LogP contribution in [0.15, 0.2) is 24.3 Å². The molecule has 3 unspecified atom stereocenters. The van der Waals surface area contributed by atoms with E-state index in [1.165, 1.54) is 32.4 Å². The van der Waals surface area contributed by atoms with Crippen molar-refractivity contribution >= 4 is 0 Å². The Balaban J connectivity index is 1.40. The smallest absolute Gasteiger partial charge is 0.122 e. The molecule has 2 N–H and O–H groups in total. The lowest BCUT2D eigenvalue weighted by atomic mass is 10.1. The molecule has 2 saturated heterocycles. The summed E-state index contributed by atoms with van der Waals surface area (Å²) in [5.74, 6) is 0.861. The monoisotopic (exact) mass is 290 g/mol. The summed E-state index contributed by atoms with van der Waals surface area (Å²) in [5, 5.41) is 13.6. The van der Waals surface area contributed by atoms with Crippen LogP contribution in [-0.2, 0) is 0 Å². The van der Waals surface area contributed by atoms with Crippen molar-refractivity contribution in [2.45, 2.75) is 44.4 Å². The largest absolute Gasteiger partial charge is 0.491 e. The van der Waals surface area contributed by atoms with E-state index >= 15 is 0 Å². The van der Waals surface area contributed by atoms with Crippen molar-refractivity contribution in [1.82, 2.24) is 10.2 Å². The number of nitrogens with zero attached hydrogens (tertiary/aromatic N) is 1. The summed E-state index contributed by atoms with van der Waals surface area (Å²) < 4.78 is 5.70. The second-order valence-electron chi connectivity index (χ2n) is 6.28. The number of ether oxygens (including phenoxy) is 1. The van der Waals surface area contributed by atoms with Gasteiger partial charge in [-0.3, -0.25) is 4.90 Å². The van der Waals surface area contributed by atoms with Crippen LogP contribution in [0.5, 0.6) is 5.75 Å². The maximum atomic E-state index is 10.1. The minimum Gasteiger partial charge on any atom is -0.491 e. The molecule has 3 rings (SSSR count). The number of aliphatic hydroxyl groups is 1. The number of hydrogen-bond donors (Lipinski definition) is 2. The lowest BCUT2D eigenvalue weighted by Gasteiger charge is -2.23. The quantitative estimate of drug-likeness (QED) is 0.834. The van der Waals surface area contributed by atoms with Gasteiger partial charge in [-0.1, -0.05) is 18.2 Å². The van der Waals surface area contributed by atoms with Crippen molar-refractivity contribution in [2.75, 3.05) is 26.2 Å². The Bertz CT molecular complexity index is 466. The summed E-state index contributed by atoms with van der Waals surface area (Å²) in [7, 11) is 0. The van der Waals surface area contributed by atoms with Crippen LogP contribution in [0.25, 0.3) is 0 Å². The summed E-state index contributed by atoms with van der Waals surface area (Å²) in [6, 6.07) is 9.15. The molecule has 0 bridgehead atoms. The lowest BCUT2D eigenvalue weighted by Crippen LogP contribution is -2.43. The second kappa shape index (κ2) is 6.77.